The van der Waals surface area contributed by atoms with Crippen molar-refractivity contribution in [2.24, 2.45) is 11.8 Å². The van der Waals surface area contributed by atoms with Crippen LogP contribution < -0.4 is 5.32 Å². The number of piperazine rings is 1. The summed E-state index contributed by atoms with van der Waals surface area (Å²) in [6, 6.07) is 4.86. The van der Waals surface area contributed by atoms with E-state index in [4.69, 9.17) is 0 Å². The molecule has 1 aromatic rings. The summed E-state index contributed by atoms with van der Waals surface area (Å²) in [5.74, 6) is -0.653. The summed E-state index contributed by atoms with van der Waals surface area (Å²) in [5, 5.41) is 23.8. The van der Waals surface area contributed by atoms with Crippen molar-refractivity contribution in [1.82, 2.24) is 20.0 Å². The third-order valence-corrected chi connectivity index (χ3v) is 7.19. The van der Waals surface area contributed by atoms with E-state index in [-0.39, 0.29) is 23.5 Å². The second-order valence-corrected chi connectivity index (χ2v) is 9.40. The Bertz CT molecular complexity index is 983. The molecule has 3 amide bonds. The summed E-state index contributed by atoms with van der Waals surface area (Å²) in [5.41, 5.74) is 0.661. The molecule has 4 rings (SSSR count). The average molecular weight is 486 g/mol. The lowest BCUT2D eigenvalue weighted by molar-refractivity contribution is -0.384. The van der Waals surface area contributed by atoms with Crippen LogP contribution in [0, 0.1) is 22.0 Å². The highest BCUT2D eigenvalue weighted by atomic mass is 16.6. The third-order valence-electron chi connectivity index (χ3n) is 7.19. The zero-order valence-corrected chi connectivity index (χ0v) is 19.5. The first-order valence-electron chi connectivity index (χ1n) is 12.0. The van der Waals surface area contributed by atoms with Gasteiger partial charge in [-0.3, -0.25) is 14.9 Å². The van der Waals surface area contributed by atoms with Gasteiger partial charge in [0, 0.05) is 56.9 Å². The number of hydrogen-bond acceptors (Lipinski definition) is 6. The minimum absolute atomic E-state index is 0.00743. The van der Waals surface area contributed by atoms with E-state index in [1.807, 2.05) is 0 Å². The number of hydrogen-bond donors (Lipinski definition) is 2. The number of non-ortho nitro benzene ring substituents is 1. The number of benzene rings is 1. The zero-order chi connectivity index (χ0) is 24.9. The number of amides is 3. The number of urea groups is 1. The molecule has 0 aromatic heterocycles. The highest BCUT2D eigenvalue weighted by molar-refractivity contribution is 5.92. The molecule has 0 saturated carbocycles. The van der Waals surface area contributed by atoms with Gasteiger partial charge in [-0.1, -0.05) is 0 Å². The van der Waals surface area contributed by atoms with Crippen LogP contribution in [-0.4, -0.2) is 94.5 Å². The highest BCUT2D eigenvalue weighted by Crippen LogP contribution is 2.34. The number of nitrogens with zero attached hydrogens (tertiary/aromatic N) is 4. The molecular weight excluding hydrogens is 454 g/mol. The minimum Gasteiger partial charge on any atom is -0.480 e. The summed E-state index contributed by atoms with van der Waals surface area (Å²) >= 11 is 0. The third kappa shape index (κ3) is 5.79. The summed E-state index contributed by atoms with van der Waals surface area (Å²) < 4.78 is 0. The second kappa shape index (κ2) is 10.9. The van der Waals surface area contributed by atoms with Crippen molar-refractivity contribution in [3.8, 4) is 0 Å². The van der Waals surface area contributed by atoms with Crippen LogP contribution in [0.2, 0.25) is 0 Å². The quantitative estimate of drug-likeness (QED) is 0.355. The van der Waals surface area contributed by atoms with Gasteiger partial charge in [0.15, 0.2) is 0 Å². The van der Waals surface area contributed by atoms with E-state index in [0.717, 1.165) is 32.4 Å². The first kappa shape index (κ1) is 24.6. The Kier molecular flexibility index (Phi) is 7.64. The number of aliphatic carboxylic acids is 1. The molecule has 0 spiro atoms. The maximum atomic E-state index is 13.0. The Balaban J connectivity index is 1.26. The molecule has 3 heterocycles. The lowest BCUT2D eigenvalue weighted by Gasteiger charge is -2.49. The zero-order valence-electron chi connectivity index (χ0n) is 19.5. The van der Waals surface area contributed by atoms with E-state index in [9.17, 15) is 29.6 Å². The lowest BCUT2D eigenvalue weighted by atomic mass is 9.78. The molecule has 0 radical (unpaired) electrons. The molecule has 11 nitrogen and oxygen atoms in total. The van der Waals surface area contributed by atoms with E-state index >= 15 is 0 Å². The standard InChI is InChI=1S/C24H31N5O6/c30-21(6-3-17-1-4-20(5-2-17)29(34)35)26-11-13-27(14-12-26)24(33)28-16-19(22(28)23(31)32)15-18-7-9-25-10-8-18/h1-6,18-19,22,25H,7-16H2,(H,31,32)/t19-,22-/m0/s1. The van der Waals surface area contributed by atoms with Crippen molar-refractivity contribution in [2.45, 2.75) is 25.3 Å². The lowest BCUT2D eigenvalue weighted by Crippen LogP contribution is -2.66. The summed E-state index contributed by atoms with van der Waals surface area (Å²) in [6.07, 6.45) is 5.95. The molecule has 0 aliphatic carbocycles. The van der Waals surface area contributed by atoms with Crippen LogP contribution in [0.5, 0.6) is 0 Å². The van der Waals surface area contributed by atoms with Gasteiger partial charge in [0.1, 0.15) is 6.04 Å². The number of carbonyl (C=O) groups is 3. The molecule has 0 unspecified atom stereocenters. The van der Waals surface area contributed by atoms with Crippen LogP contribution in [0.4, 0.5) is 10.5 Å². The minimum atomic E-state index is -0.950. The van der Waals surface area contributed by atoms with Crippen molar-refractivity contribution < 1.29 is 24.4 Å². The Labute approximate surface area is 203 Å². The molecule has 188 valence electrons. The van der Waals surface area contributed by atoms with Gasteiger partial charge in [-0.15, -0.1) is 0 Å². The fourth-order valence-corrected chi connectivity index (χ4v) is 5.14. The number of likely N-dealkylation sites (tertiary alicyclic amines) is 1. The van der Waals surface area contributed by atoms with Crippen LogP contribution in [-0.2, 0) is 9.59 Å². The molecule has 3 aliphatic heterocycles. The van der Waals surface area contributed by atoms with Crippen molar-refractivity contribution in [1.29, 1.82) is 0 Å². The molecule has 0 bridgehead atoms. The molecule has 35 heavy (non-hydrogen) atoms. The molecular formula is C24H31N5O6. The SMILES string of the molecule is O=C(O)[C@@H]1[C@@H](CC2CCNCC2)CN1C(=O)N1CCN(C(=O)C=Cc2ccc([N+](=O)[O-])cc2)CC1. The molecule has 3 aliphatic rings. The predicted molar refractivity (Wildman–Crippen MR) is 128 cm³/mol. The average Bonchev–Trinajstić information content (AvgIpc) is 2.85. The van der Waals surface area contributed by atoms with Gasteiger partial charge in [-0.2, -0.15) is 0 Å². The number of nitro benzene ring substituents is 1. The Hall–Kier alpha value is -3.47. The smallest absolute Gasteiger partial charge is 0.326 e. The largest absolute Gasteiger partial charge is 0.480 e. The monoisotopic (exact) mass is 485 g/mol. The number of nitro groups is 1. The van der Waals surface area contributed by atoms with Gasteiger partial charge in [0.05, 0.1) is 4.92 Å². The van der Waals surface area contributed by atoms with E-state index in [1.165, 1.54) is 23.1 Å². The van der Waals surface area contributed by atoms with E-state index in [1.54, 1.807) is 28.0 Å². The molecule has 2 atom stereocenters. The summed E-state index contributed by atoms with van der Waals surface area (Å²) in [4.78, 5) is 52.4. The molecule has 11 heteroatoms. The molecule has 3 saturated heterocycles. The maximum absolute atomic E-state index is 13.0. The summed E-state index contributed by atoms with van der Waals surface area (Å²) in [6.45, 7) is 3.80. The number of nitrogens with one attached hydrogen (secondary N) is 1. The van der Waals surface area contributed by atoms with Gasteiger partial charge in [-0.25, -0.2) is 9.59 Å². The van der Waals surface area contributed by atoms with E-state index in [2.05, 4.69) is 5.32 Å². The van der Waals surface area contributed by atoms with Gasteiger partial charge < -0.3 is 25.1 Å². The Morgan fingerprint density at radius 3 is 2.29 bits per heavy atom. The van der Waals surface area contributed by atoms with Crippen LogP contribution in [0.25, 0.3) is 6.08 Å². The Morgan fingerprint density at radius 1 is 1.06 bits per heavy atom. The van der Waals surface area contributed by atoms with Crippen molar-refractivity contribution in [3.05, 3.63) is 46.0 Å². The van der Waals surface area contributed by atoms with Crippen LogP contribution in [0.15, 0.2) is 30.3 Å². The fourth-order valence-electron chi connectivity index (χ4n) is 5.14. The maximum Gasteiger partial charge on any atom is 0.326 e. The van der Waals surface area contributed by atoms with Gasteiger partial charge in [0.25, 0.3) is 5.69 Å². The van der Waals surface area contributed by atoms with Crippen molar-refractivity contribution >= 4 is 29.7 Å². The van der Waals surface area contributed by atoms with Gasteiger partial charge in [-0.05, 0) is 62.0 Å². The van der Waals surface area contributed by atoms with Crippen molar-refractivity contribution in [3.63, 3.8) is 0 Å². The second-order valence-electron chi connectivity index (χ2n) is 9.40. The topological polar surface area (TPSA) is 136 Å². The van der Waals surface area contributed by atoms with Crippen molar-refractivity contribution in [2.75, 3.05) is 45.8 Å². The van der Waals surface area contributed by atoms with Crippen LogP contribution >= 0.6 is 0 Å². The van der Waals surface area contributed by atoms with Crippen LogP contribution in [0.1, 0.15) is 24.8 Å². The molecule has 2 N–H and O–H groups in total. The molecule has 1 aromatic carbocycles. The van der Waals surface area contributed by atoms with Gasteiger partial charge in [0.2, 0.25) is 5.91 Å². The predicted octanol–water partition coefficient (Wildman–Crippen LogP) is 1.65. The van der Waals surface area contributed by atoms with Crippen LogP contribution in [0.3, 0.4) is 0 Å². The molecule has 3 fully saturated rings. The first-order chi connectivity index (χ1) is 16.8. The number of carbonyl (C=O) groups excluding carboxylic acids is 2. The summed E-state index contributed by atoms with van der Waals surface area (Å²) in [7, 11) is 0. The van der Waals surface area contributed by atoms with E-state index in [0.29, 0.717) is 44.2 Å². The van der Waals surface area contributed by atoms with E-state index < -0.39 is 16.9 Å². The first-order valence-corrected chi connectivity index (χ1v) is 12.0. The number of piperidine rings is 1. The normalized spacial score (nSPS) is 23.3. The van der Waals surface area contributed by atoms with Gasteiger partial charge >= 0.3 is 12.0 Å². The number of rotatable bonds is 6. The number of carboxylic acids is 1. The number of carboxylic acid groups (broad SMARTS) is 1. The highest BCUT2D eigenvalue weighted by Gasteiger charge is 2.48. The fraction of sp³-hybridized carbons (Fsp3) is 0.542. The Morgan fingerprint density at radius 2 is 1.69 bits per heavy atom.